The number of hydrogen-bond acceptors (Lipinski definition) is 5. The lowest BCUT2D eigenvalue weighted by Crippen LogP contribution is -2.36. The monoisotopic (exact) mass is 353 g/mol. The summed E-state index contributed by atoms with van der Waals surface area (Å²) >= 11 is 0. The highest BCUT2D eigenvalue weighted by atomic mass is 16.1. The molecular formula is C20H27N5O. The van der Waals surface area contributed by atoms with Crippen LogP contribution < -0.4 is 16.5 Å². The van der Waals surface area contributed by atoms with Crippen LogP contribution in [-0.2, 0) is 11.2 Å². The van der Waals surface area contributed by atoms with Gasteiger partial charge in [0.1, 0.15) is 5.82 Å². The second-order valence-electron chi connectivity index (χ2n) is 7.03. The van der Waals surface area contributed by atoms with E-state index in [1.807, 2.05) is 38.4 Å². The third kappa shape index (κ3) is 4.59. The fourth-order valence-corrected chi connectivity index (χ4v) is 3.18. The van der Waals surface area contributed by atoms with Crippen molar-refractivity contribution in [2.75, 3.05) is 13.1 Å². The molecule has 1 unspecified atom stereocenters. The maximum absolute atomic E-state index is 12.0. The molecule has 2 aliphatic rings. The van der Waals surface area contributed by atoms with Crippen LogP contribution in [0, 0.1) is 0 Å². The minimum atomic E-state index is 0.123. The summed E-state index contributed by atoms with van der Waals surface area (Å²) in [6.07, 6.45) is 5.99. The molecule has 2 heterocycles. The number of hydrogen-bond donors (Lipinski definition) is 3. The molecule has 26 heavy (non-hydrogen) atoms. The van der Waals surface area contributed by atoms with E-state index in [2.05, 4.69) is 27.8 Å². The molecule has 0 radical (unpaired) electrons. The van der Waals surface area contributed by atoms with Gasteiger partial charge in [-0.15, -0.1) is 0 Å². The second-order valence-corrected chi connectivity index (χ2v) is 7.03. The molecule has 0 aromatic heterocycles. The zero-order valence-electron chi connectivity index (χ0n) is 15.5. The largest absolute Gasteiger partial charge is 0.352 e. The van der Waals surface area contributed by atoms with Crippen LogP contribution in [0.1, 0.15) is 37.8 Å². The summed E-state index contributed by atoms with van der Waals surface area (Å²) < 4.78 is 0. The Balaban J connectivity index is 1.55. The van der Waals surface area contributed by atoms with E-state index in [1.165, 1.54) is 0 Å². The van der Waals surface area contributed by atoms with Crippen LogP contribution in [0.5, 0.6) is 0 Å². The Labute approximate surface area is 154 Å². The summed E-state index contributed by atoms with van der Waals surface area (Å²) in [6.45, 7) is 5.84. The number of aryl methyl sites for hydroxylation is 1. The first kappa shape index (κ1) is 18.4. The first-order chi connectivity index (χ1) is 12.5. The van der Waals surface area contributed by atoms with E-state index in [1.54, 1.807) is 5.01 Å². The highest BCUT2D eigenvalue weighted by Crippen LogP contribution is 2.21. The SMILES string of the molecule is CC(C)=C1N=CC(c2ccc(CCC(=O)NC3CCNC3)cc2)=CN1N. The maximum atomic E-state index is 12.0. The van der Waals surface area contributed by atoms with Gasteiger partial charge in [0.15, 0.2) is 0 Å². The van der Waals surface area contributed by atoms with Crippen LogP contribution in [0.15, 0.2) is 46.9 Å². The lowest BCUT2D eigenvalue weighted by molar-refractivity contribution is -0.121. The molecule has 0 bridgehead atoms. The number of rotatable bonds is 5. The molecule has 0 spiro atoms. The first-order valence-electron chi connectivity index (χ1n) is 9.09. The number of hydrazine groups is 1. The average molecular weight is 353 g/mol. The van der Waals surface area contributed by atoms with E-state index in [4.69, 9.17) is 5.84 Å². The summed E-state index contributed by atoms with van der Waals surface area (Å²) in [7, 11) is 0. The van der Waals surface area contributed by atoms with Gasteiger partial charge in [-0.3, -0.25) is 9.80 Å². The van der Waals surface area contributed by atoms with Crippen LogP contribution in [-0.4, -0.2) is 36.3 Å². The molecule has 1 fully saturated rings. The second kappa shape index (κ2) is 8.29. The maximum Gasteiger partial charge on any atom is 0.220 e. The number of nitrogens with zero attached hydrogens (tertiary/aromatic N) is 2. The minimum absolute atomic E-state index is 0.123. The Morgan fingerprint density at radius 3 is 2.73 bits per heavy atom. The van der Waals surface area contributed by atoms with Gasteiger partial charge in [-0.1, -0.05) is 24.3 Å². The van der Waals surface area contributed by atoms with Crippen molar-refractivity contribution in [1.82, 2.24) is 15.6 Å². The fourth-order valence-electron chi connectivity index (χ4n) is 3.18. The number of nitrogens with two attached hydrogens (primary N) is 1. The summed E-state index contributed by atoms with van der Waals surface area (Å²) in [5, 5.41) is 7.89. The van der Waals surface area contributed by atoms with Crippen LogP contribution in [0.2, 0.25) is 0 Å². The summed E-state index contributed by atoms with van der Waals surface area (Å²) in [5.74, 6) is 6.92. The summed E-state index contributed by atoms with van der Waals surface area (Å²) in [5.41, 5.74) is 4.25. The van der Waals surface area contributed by atoms with Gasteiger partial charge in [0, 0.05) is 37.0 Å². The van der Waals surface area contributed by atoms with Crippen molar-refractivity contribution in [2.45, 2.75) is 39.2 Å². The van der Waals surface area contributed by atoms with Crippen molar-refractivity contribution in [1.29, 1.82) is 0 Å². The summed E-state index contributed by atoms with van der Waals surface area (Å²) in [6, 6.07) is 8.50. The van der Waals surface area contributed by atoms with E-state index in [0.717, 1.165) is 54.0 Å². The molecule has 2 aliphatic heterocycles. The van der Waals surface area contributed by atoms with E-state index >= 15 is 0 Å². The van der Waals surface area contributed by atoms with Gasteiger partial charge in [0.05, 0.1) is 0 Å². The molecule has 0 saturated carbocycles. The Hall–Kier alpha value is -2.44. The van der Waals surface area contributed by atoms with Crippen molar-refractivity contribution < 1.29 is 4.79 Å². The average Bonchev–Trinajstić information content (AvgIpc) is 3.13. The van der Waals surface area contributed by atoms with Gasteiger partial charge in [-0.25, -0.2) is 10.8 Å². The number of carbonyl (C=O) groups excluding carboxylic acids is 1. The zero-order valence-corrected chi connectivity index (χ0v) is 15.5. The van der Waals surface area contributed by atoms with Gasteiger partial charge in [-0.05, 0) is 49.9 Å². The quantitative estimate of drug-likeness (QED) is 0.707. The number of aliphatic imine (C=N–C) groups is 1. The molecule has 1 saturated heterocycles. The predicted octanol–water partition coefficient (Wildman–Crippen LogP) is 1.95. The van der Waals surface area contributed by atoms with E-state index < -0.39 is 0 Å². The lowest BCUT2D eigenvalue weighted by Gasteiger charge is -2.21. The van der Waals surface area contributed by atoms with Crippen LogP contribution >= 0.6 is 0 Å². The molecule has 4 N–H and O–H groups in total. The van der Waals surface area contributed by atoms with Crippen molar-refractivity contribution in [3.63, 3.8) is 0 Å². The molecule has 1 atom stereocenters. The Morgan fingerprint density at radius 1 is 1.35 bits per heavy atom. The van der Waals surface area contributed by atoms with Gasteiger partial charge in [0.2, 0.25) is 5.91 Å². The highest BCUT2D eigenvalue weighted by molar-refractivity contribution is 6.10. The molecule has 1 amide bonds. The molecular weight excluding hydrogens is 326 g/mol. The van der Waals surface area contributed by atoms with Crippen molar-refractivity contribution >= 4 is 17.7 Å². The van der Waals surface area contributed by atoms with Gasteiger partial charge < -0.3 is 10.6 Å². The Morgan fingerprint density at radius 2 is 2.12 bits per heavy atom. The van der Waals surface area contributed by atoms with Gasteiger partial charge in [0.25, 0.3) is 0 Å². The minimum Gasteiger partial charge on any atom is -0.352 e. The predicted molar refractivity (Wildman–Crippen MR) is 105 cm³/mol. The molecule has 1 aromatic carbocycles. The number of carbonyl (C=O) groups is 1. The number of amides is 1. The first-order valence-corrected chi connectivity index (χ1v) is 9.09. The number of benzene rings is 1. The van der Waals surface area contributed by atoms with Gasteiger partial charge >= 0.3 is 0 Å². The number of nitrogens with one attached hydrogen (secondary N) is 2. The van der Waals surface area contributed by atoms with Crippen molar-refractivity contribution in [2.24, 2.45) is 10.8 Å². The van der Waals surface area contributed by atoms with E-state index in [-0.39, 0.29) is 11.9 Å². The standard InChI is InChI=1S/C20H27N5O/c1-14(2)20-23-11-17(13-25(20)21)16-6-3-15(4-7-16)5-8-19(26)24-18-9-10-22-12-18/h3-4,6-7,11,13,18,22H,5,8-10,12,21H2,1-2H3,(H,24,26). The Bertz CT molecular complexity index is 738. The molecule has 6 nitrogen and oxygen atoms in total. The van der Waals surface area contributed by atoms with E-state index in [9.17, 15) is 4.79 Å². The van der Waals surface area contributed by atoms with Crippen molar-refractivity contribution in [3.05, 3.63) is 53.0 Å². The zero-order chi connectivity index (χ0) is 18.5. The molecule has 0 aliphatic carbocycles. The normalized spacial score (nSPS) is 19.5. The topological polar surface area (TPSA) is 82.8 Å². The Kier molecular flexibility index (Phi) is 5.85. The molecule has 3 rings (SSSR count). The number of allylic oxidation sites excluding steroid dienone is 2. The molecule has 6 heteroatoms. The lowest BCUT2D eigenvalue weighted by atomic mass is 10.0. The van der Waals surface area contributed by atoms with Gasteiger partial charge in [-0.2, -0.15) is 0 Å². The smallest absolute Gasteiger partial charge is 0.220 e. The fraction of sp³-hybridized carbons (Fsp3) is 0.400. The third-order valence-corrected chi connectivity index (χ3v) is 4.65. The third-order valence-electron chi connectivity index (χ3n) is 4.65. The molecule has 1 aromatic rings. The summed E-state index contributed by atoms with van der Waals surface area (Å²) in [4.78, 5) is 16.4. The van der Waals surface area contributed by atoms with E-state index in [0.29, 0.717) is 6.42 Å². The van der Waals surface area contributed by atoms with Crippen molar-refractivity contribution in [3.8, 4) is 0 Å². The van der Waals surface area contributed by atoms with Crippen LogP contribution in [0.25, 0.3) is 5.57 Å². The highest BCUT2D eigenvalue weighted by Gasteiger charge is 2.16. The van der Waals surface area contributed by atoms with Crippen LogP contribution in [0.4, 0.5) is 0 Å². The van der Waals surface area contributed by atoms with Crippen LogP contribution in [0.3, 0.4) is 0 Å². The molecule has 138 valence electrons.